The van der Waals surface area contributed by atoms with E-state index in [1.165, 1.54) is 6.20 Å². The molecule has 1 N–H and O–H groups in total. The number of ether oxygens (including phenoxy) is 3. The van der Waals surface area contributed by atoms with Gasteiger partial charge in [0.2, 0.25) is 5.95 Å². The Morgan fingerprint density at radius 2 is 1.91 bits per heavy atom. The largest absolute Gasteiger partial charge is 0.494 e. The molecule has 32 heavy (non-hydrogen) atoms. The third kappa shape index (κ3) is 4.91. The van der Waals surface area contributed by atoms with Crippen LogP contribution in [0.25, 0.3) is 16.8 Å². The van der Waals surface area contributed by atoms with Crippen LogP contribution in [0.3, 0.4) is 0 Å². The smallest absolute Gasteiger partial charge is 0.228 e. The molecule has 0 atom stereocenters. The fourth-order valence-corrected chi connectivity index (χ4v) is 3.64. The second-order valence-corrected chi connectivity index (χ2v) is 7.17. The van der Waals surface area contributed by atoms with Gasteiger partial charge in [-0.15, -0.1) is 0 Å². The molecular weight excluding hydrogens is 411 g/mol. The van der Waals surface area contributed by atoms with Crippen LogP contribution in [0.4, 0.5) is 16.2 Å². The predicted octanol–water partition coefficient (Wildman–Crippen LogP) is 4.49. The number of aromatic nitrogens is 2. The van der Waals surface area contributed by atoms with Crippen LogP contribution in [-0.4, -0.2) is 49.5 Å². The molecule has 7 nitrogen and oxygen atoms in total. The minimum absolute atomic E-state index is 0.278. The van der Waals surface area contributed by atoms with Crippen LogP contribution < -0.4 is 19.7 Å². The number of anilines is 2. The molecule has 0 amide bonds. The number of benzene rings is 2. The molecule has 4 rings (SSSR count). The number of hydrogen-bond donors (Lipinski definition) is 1. The summed E-state index contributed by atoms with van der Waals surface area (Å²) in [4.78, 5) is 10.3. The Morgan fingerprint density at radius 1 is 1.12 bits per heavy atom. The Morgan fingerprint density at radius 3 is 2.69 bits per heavy atom. The molecule has 1 aliphatic rings. The van der Waals surface area contributed by atoms with Crippen molar-refractivity contribution < 1.29 is 18.6 Å². The number of rotatable bonds is 8. The molecule has 1 aliphatic heterocycles. The summed E-state index contributed by atoms with van der Waals surface area (Å²) in [6.45, 7) is 7.35. The van der Waals surface area contributed by atoms with Crippen LogP contribution in [0.2, 0.25) is 0 Å². The van der Waals surface area contributed by atoms with Gasteiger partial charge in [-0.05, 0) is 48.9 Å². The zero-order valence-corrected chi connectivity index (χ0v) is 18.3. The fraction of sp³-hybridized carbons (Fsp3) is 0.333. The van der Waals surface area contributed by atoms with E-state index in [-0.39, 0.29) is 5.82 Å². The topological polar surface area (TPSA) is 68.7 Å². The second kappa shape index (κ2) is 10.3. The summed E-state index contributed by atoms with van der Waals surface area (Å²) < 4.78 is 31.1. The maximum absolute atomic E-state index is 14.3. The van der Waals surface area contributed by atoms with E-state index in [4.69, 9.17) is 14.2 Å². The highest BCUT2D eigenvalue weighted by atomic mass is 19.1. The Bertz CT molecular complexity index is 1090. The van der Waals surface area contributed by atoms with Crippen molar-refractivity contribution in [2.24, 2.45) is 0 Å². The third-order valence-electron chi connectivity index (χ3n) is 5.10. The van der Waals surface area contributed by atoms with Gasteiger partial charge in [0.1, 0.15) is 11.5 Å². The van der Waals surface area contributed by atoms with E-state index in [1.807, 2.05) is 55.2 Å². The number of nitrogens with one attached hydrogen (secondary N) is 1. The van der Waals surface area contributed by atoms with Gasteiger partial charge in [0.15, 0.2) is 11.6 Å². The molecule has 1 aromatic heterocycles. The first kappa shape index (κ1) is 21.8. The highest BCUT2D eigenvalue weighted by Gasteiger charge is 2.17. The van der Waals surface area contributed by atoms with E-state index in [2.05, 4.69) is 15.3 Å². The molecule has 1 fully saturated rings. The minimum Gasteiger partial charge on any atom is -0.494 e. The van der Waals surface area contributed by atoms with Crippen LogP contribution >= 0.6 is 0 Å². The Hall–Kier alpha value is -3.39. The quantitative estimate of drug-likeness (QED) is 0.556. The summed E-state index contributed by atoms with van der Waals surface area (Å²) in [6.07, 6.45) is 4.83. The summed E-state index contributed by atoms with van der Waals surface area (Å²) in [5.41, 5.74) is 0.911. The van der Waals surface area contributed by atoms with Crippen molar-refractivity contribution >= 4 is 28.6 Å². The van der Waals surface area contributed by atoms with Crippen molar-refractivity contribution in [3.8, 4) is 11.5 Å². The van der Waals surface area contributed by atoms with Crippen molar-refractivity contribution in [3.05, 3.63) is 54.1 Å². The first-order valence-electron chi connectivity index (χ1n) is 10.8. The van der Waals surface area contributed by atoms with Gasteiger partial charge in [-0.25, -0.2) is 9.37 Å². The van der Waals surface area contributed by atoms with Gasteiger partial charge in [0.25, 0.3) is 0 Å². The SMILES string of the molecule is CCOc1ccc2ccc(OCC)c(/C=C/Nc3ncc(F)c(N4CCOCC4)n3)c2c1. The second-order valence-electron chi connectivity index (χ2n) is 7.17. The Balaban J connectivity index is 1.61. The molecule has 0 spiro atoms. The van der Waals surface area contributed by atoms with Crippen molar-refractivity contribution in [2.45, 2.75) is 13.8 Å². The average Bonchev–Trinajstić information content (AvgIpc) is 2.82. The zero-order valence-electron chi connectivity index (χ0n) is 18.3. The van der Waals surface area contributed by atoms with Gasteiger partial charge in [0.05, 0.1) is 32.6 Å². The van der Waals surface area contributed by atoms with Gasteiger partial charge < -0.3 is 24.4 Å². The molecule has 0 aliphatic carbocycles. The lowest BCUT2D eigenvalue weighted by atomic mass is 10.0. The highest BCUT2D eigenvalue weighted by Crippen LogP contribution is 2.32. The van der Waals surface area contributed by atoms with Gasteiger partial charge >= 0.3 is 0 Å². The van der Waals surface area contributed by atoms with E-state index in [0.717, 1.165) is 27.8 Å². The summed E-state index contributed by atoms with van der Waals surface area (Å²) in [5.74, 6) is 1.71. The molecule has 8 heteroatoms. The summed E-state index contributed by atoms with van der Waals surface area (Å²) in [5, 5.41) is 5.14. The normalized spacial score (nSPS) is 14.2. The lowest BCUT2D eigenvalue weighted by Gasteiger charge is -2.28. The molecule has 0 saturated carbocycles. The maximum Gasteiger partial charge on any atom is 0.228 e. The lowest BCUT2D eigenvalue weighted by Crippen LogP contribution is -2.37. The van der Waals surface area contributed by atoms with Crippen LogP contribution in [-0.2, 0) is 4.74 Å². The zero-order chi connectivity index (χ0) is 22.3. The van der Waals surface area contributed by atoms with E-state index in [9.17, 15) is 4.39 Å². The molecule has 0 unspecified atom stereocenters. The number of fused-ring (bicyclic) bond motifs is 1. The number of halogens is 1. The molecule has 1 saturated heterocycles. The predicted molar refractivity (Wildman–Crippen MR) is 124 cm³/mol. The molecule has 2 aromatic carbocycles. The van der Waals surface area contributed by atoms with Gasteiger partial charge in [0, 0.05) is 24.9 Å². The molecule has 2 heterocycles. The first-order valence-corrected chi connectivity index (χ1v) is 10.8. The number of nitrogens with zero attached hydrogens (tertiary/aromatic N) is 3. The number of hydrogen-bond acceptors (Lipinski definition) is 7. The minimum atomic E-state index is -0.447. The first-order chi connectivity index (χ1) is 15.7. The third-order valence-corrected chi connectivity index (χ3v) is 5.10. The van der Waals surface area contributed by atoms with Gasteiger partial charge in [-0.1, -0.05) is 12.1 Å². The Kier molecular flexibility index (Phi) is 7.01. The lowest BCUT2D eigenvalue weighted by molar-refractivity contribution is 0.122. The maximum atomic E-state index is 14.3. The number of morpholine rings is 1. The van der Waals surface area contributed by atoms with Crippen molar-refractivity contribution in [1.82, 2.24) is 9.97 Å². The Labute approximate surface area is 186 Å². The van der Waals surface area contributed by atoms with Crippen molar-refractivity contribution in [3.63, 3.8) is 0 Å². The summed E-state index contributed by atoms with van der Waals surface area (Å²) in [7, 11) is 0. The van der Waals surface area contributed by atoms with Crippen molar-refractivity contribution in [2.75, 3.05) is 49.7 Å². The van der Waals surface area contributed by atoms with E-state index >= 15 is 0 Å². The molecular formula is C24H27FN4O3. The highest BCUT2D eigenvalue weighted by molar-refractivity contribution is 5.94. The van der Waals surface area contributed by atoms with E-state index < -0.39 is 5.82 Å². The average molecular weight is 439 g/mol. The summed E-state index contributed by atoms with van der Waals surface area (Å²) in [6, 6.07) is 9.97. The fourth-order valence-electron chi connectivity index (χ4n) is 3.64. The molecule has 0 bridgehead atoms. The molecule has 168 valence electrons. The van der Waals surface area contributed by atoms with Crippen LogP contribution in [0.15, 0.2) is 42.7 Å². The van der Waals surface area contributed by atoms with Crippen LogP contribution in [0.1, 0.15) is 19.4 Å². The molecule has 3 aromatic rings. The van der Waals surface area contributed by atoms with Gasteiger partial charge in [-0.3, -0.25) is 0 Å². The van der Waals surface area contributed by atoms with E-state index in [0.29, 0.717) is 45.5 Å². The van der Waals surface area contributed by atoms with Crippen LogP contribution in [0.5, 0.6) is 11.5 Å². The van der Waals surface area contributed by atoms with Crippen molar-refractivity contribution in [1.29, 1.82) is 0 Å². The van der Waals surface area contributed by atoms with E-state index in [1.54, 1.807) is 6.20 Å². The standard InChI is InChI=1S/C24H27FN4O3/c1-3-31-18-7-5-17-6-8-22(32-4-2)19(20(17)15-18)9-10-26-24-27-16-21(25)23(28-24)29-11-13-30-14-12-29/h5-10,15-16H,3-4,11-14H2,1-2H3,(H,26,27,28)/b10-9+. The summed E-state index contributed by atoms with van der Waals surface area (Å²) >= 11 is 0. The molecule has 0 radical (unpaired) electrons. The monoisotopic (exact) mass is 438 g/mol. The van der Waals surface area contributed by atoms with Crippen LogP contribution in [0, 0.1) is 5.82 Å². The van der Waals surface area contributed by atoms with Gasteiger partial charge in [-0.2, -0.15) is 4.98 Å².